The highest BCUT2D eigenvalue weighted by Gasteiger charge is 2.34. The van der Waals surface area contributed by atoms with Crippen LogP contribution < -0.4 is 4.74 Å². The van der Waals surface area contributed by atoms with Gasteiger partial charge in [-0.25, -0.2) is 0 Å². The first kappa shape index (κ1) is 24.4. The minimum Gasteiger partial charge on any atom is -0.491 e. The average Bonchev–Trinajstić information content (AvgIpc) is 3.32. The van der Waals surface area contributed by atoms with E-state index in [9.17, 15) is 5.11 Å². The first-order valence-electron chi connectivity index (χ1n) is 14.1. The number of fused-ring (bicyclic) bond motifs is 8. The number of benzene rings is 4. The van der Waals surface area contributed by atoms with Crippen molar-refractivity contribution in [2.45, 2.75) is 37.6 Å². The third kappa shape index (κ3) is 5.06. The van der Waals surface area contributed by atoms with Crippen LogP contribution in [0.4, 0.5) is 0 Å². The zero-order valence-corrected chi connectivity index (χ0v) is 22.2. The third-order valence-electron chi connectivity index (χ3n) is 8.47. The summed E-state index contributed by atoms with van der Waals surface area (Å²) in [6.45, 7) is 3.88. The number of aromatic nitrogens is 1. The van der Waals surface area contributed by atoms with E-state index in [4.69, 9.17) is 4.74 Å². The smallest absolute Gasteiger partial charge is 0.120 e. The normalized spacial score (nSPS) is 21.8. The Balaban J connectivity index is 0.998. The van der Waals surface area contributed by atoms with E-state index in [2.05, 4.69) is 99.7 Å². The Morgan fingerprint density at radius 1 is 0.769 bits per heavy atom. The van der Waals surface area contributed by atoms with Gasteiger partial charge in [-0.05, 0) is 59.5 Å². The van der Waals surface area contributed by atoms with Gasteiger partial charge in [0.25, 0.3) is 0 Å². The molecule has 4 heterocycles. The maximum absolute atomic E-state index is 11.0. The second kappa shape index (κ2) is 10.5. The molecule has 3 aliphatic rings. The number of nitrogens with one attached hydrogen (secondary N) is 1. The Hall–Kier alpha value is -3.64. The lowest BCUT2D eigenvalue weighted by atomic mass is 9.96. The second-order valence-corrected chi connectivity index (χ2v) is 11.2. The number of piperazine rings is 1. The molecule has 4 aromatic carbocycles. The number of aliphatic hydroxyl groups excluding tert-OH is 1. The van der Waals surface area contributed by atoms with Crippen molar-refractivity contribution in [1.82, 2.24) is 14.8 Å². The van der Waals surface area contributed by atoms with Gasteiger partial charge in [-0.15, -0.1) is 0 Å². The van der Waals surface area contributed by atoms with Gasteiger partial charge in [-0.2, -0.15) is 0 Å². The van der Waals surface area contributed by atoms with E-state index in [0.29, 0.717) is 25.2 Å². The van der Waals surface area contributed by atoms with Crippen molar-refractivity contribution in [2.75, 3.05) is 26.2 Å². The first-order valence-corrected chi connectivity index (χ1v) is 14.1. The lowest BCUT2D eigenvalue weighted by Crippen LogP contribution is -2.59. The molecule has 3 atom stereocenters. The Morgan fingerprint density at radius 2 is 1.51 bits per heavy atom. The van der Waals surface area contributed by atoms with Crippen LogP contribution in [0.5, 0.6) is 5.75 Å². The summed E-state index contributed by atoms with van der Waals surface area (Å²) in [6.07, 6.45) is 6.21. The number of rotatable bonds is 7. The van der Waals surface area contributed by atoms with Crippen molar-refractivity contribution >= 4 is 32.6 Å². The SMILES string of the molecule is O[C@H](COc1ccc2[nH]c3ccccc3c2c1)CN1C[C@@H]2C/C=C\C[C@H]1CN2Cc1ccc2ccccc2c1. The van der Waals surface area contributed by atoms with Gasteiger partial charge < -0.3 is 14.8 Å². The van der Waals surface area contributed by atoms with E-state index in [0.717, 1.165) is 54.6 Å². The molecule has 0 aliphatic carbocycles. The van der Waals surface area contributed by atoms with Crippen molar-refractivity contribution in [3.63, 3.8) is 0 Å². The van der Waals surface area contributed by atoms with Crippen LogP contribution in [0.15, 0.2) is 97.1 Å². The van der Waals surface area contributed by atoms with Crippen molar-refractivity contribution in [3.05, 3.63) is 103 Å². The maximum Gasteiger partial charge on any atom is 0.120 e. The fourth-order valence-corrected chi connectivity index (χ4v) is 6.45. The molecule has 1 aromatic heterocycles. The minimum atomic E-state index is -0.540. The van der Waals surface area contributed by atoms with Crippen LogP contribution in [0, 0.1) is 0 Å². The fourth-order valence-electron chi connectivity index (χ4n) is 6.45. The number of aromatic amines is 1. The average molecular weight is 518 g/mol. The molecule has 2 N–H and O–H groups in total. The molecule has 1 fully saturated rings. The van der Waals surface area contributed by atoms with Crippen LogP contribution in [0.1, 0.15) is 18.4 Å². The summed E-state index contributed by atoms with van der Waals surface area (Å²) < 4.78 is 6.09. The van der Waals surface area contributed by atoms with E-state index >= 15 is 0 Å². The van der Waals surface area contributed by atoms with Crippen LogP contribution in [0.3, 0.4) is 0 Å². The summed E-state index contributed by atoms with van der Waals surface area (Å²) in [7, 11) is 0. The highest BCUT2D eigenvalue weighted by molar-refractivity contribution is 6.07. The summed E-state index contributed by atoms with van der Waals surface area (Å²) >= 11 is 0. The lowest BCUT2D eigenvalue weighted by molar-refractivity contribution is -0.0125. The summed E-state index contributed by atoms with van der Waals surface area (Å²) in [5.41, 5.74) is 3.60. The highest BCUT2D eigenvalue weighted by atomic mass is 16.5. The number of H-pyrrole nitrogens is 1. The predicted molar refractivity (Wildman–Crippen MR) is 159 cm³/mol. The molecule has 0 unspecified atom stereocenters. The van der Waals surface area contributed by atoms with Crippen LogP contribution in [0.25, 0.3) is 32.6 Å². The lowest BCUT2D eigenvalue weighted by Gasteiger charge is -2.47. The minimum absolute atomic E-state index is 0.290. The molecule has 3 aliphatic heterocycles. The molecule has 5 nitrogen and oxygen atoms in total. The zero-order chi connectivity index (χ0) is 26.2. The topological polar surface area (TPSA) is 51.7 Å². The van der Waals surface area contributed by atoms with Gasteiger partial charge in [0.05, 0.1) is 0 Å². The molecule has 0 radical (unpaired) electrons. The summed E-state index contributed by atoms with van der Waals surface area (Å²) in [5.74, 6) is 0.796. The number of nitrogens with zero attached hydrogens (tertiary/aromatic N) is 2. The molecule has 2 bridgehead atoms. The molecule has 1 saturated heterocycles. The van der Waals surface area contributed by atoms with Crippen LogP contribution >= 0.6 is 0 Å². The molecular formula is C34H35N3O2. The van der Waals surface area contributed by atoms with Gasteiger partial charge in [-0.3, -0.25) is 9.80 Å². The first-order chi connectivity index (χ1) is 19.2. The van der Waals surface area contributed by atoms with Gasteiger partial charge >= 0.3 is 0 Å². The molecule has 0 amide bonds. The van der Waals surface area contributed by atoms with Gasteiger partial charge in [-0.1, -0.05) is 66.7 Å². The van der Waals surface area contributed by atoms with Crippen LogP contribution in [0.2, 0.25) is 0 Å². The van der Waals surface area contributed by atoms with E-state index in [1.165, 1.54) is 21.7 Å². The van der Waals surface area contributed by atoms with E-state index < -0.39 is 6.10 Å². The molecular weight excluding hydrogens is 482 g/mol. The molecule has 198 valence electrons. The Labute approximate surface area is 229 Å². The number of aliphatic hydroxyl groups is 1. The molecule has 5 heteroatoms. The summed E-state index contributed by atoms with van der Waals surface area (Å²) in [6, 6.07) is 30.7. The summed E-state index contributed by atoms with van der Waals surface area (Å²) in [5, 5.41) is 15.9. The molecule has 0 saturated carbocycles. The Kier molecular flexibility index (Phi) is 6.57. The number of hydrogen-bond acceptors (Lipinski definition) is 4. The van der Waals surface area contributed by atoms with Crippen LogP contribution in [-0.4, -0.2) is 64.3 Å². The Bertz CT molecular complexity index is 1640. The van der Waals surface area contributed by atoms with E-state index in [1.807, 2.05) is 12.1 Å². The van der Waals surface area contributed by atoms with Gasteiger partial charge in [0.15, 0.2) is 0 Å². The molecule has 8 rings (SSSR count). The quantitative estimate of drug-likeness (QED) is 0.256. The standard InChI is InChI=1S/C34H35N3O2/c38-29(23-39-30-15-16-34-32(18-30)31-11-5-6-12-33(31)35-34)22-37-21-27-9-3-4-10-28(37)20-36(27)19-24-13-14-25-7-1-2-8-26(25)17-24/h1-8,11-18,27-29,35,38H,9-10,19-23H2/b4-3-/t27-,28-,29-/m0/s1. The van der Waals surface area contributed by atoms with Gasteiger partial charge in [0, 0.05) is 60.1 Å². The maximum atomic E-state index is 11.0. The highest BCUT2D eigenvalue weighted by Crippen LogP contribution is 2.29. The van der Waals surface area contributed by atoms with Gasteiger partial charge in [0.2, 0.25) is 0 Å². The molecule has 5 aromatic rings. The third-order valence-corrected chi connectivity index (χ3v) is 8.47. The predicted octanol–water partition coefficient (Wildman–Crippen LogP) is 6.12. The van der Waals surface area contributed by atoms with Crippen molar-refractivity contribution in [3.8, 4) is 5.75 Å². The zero-order valence-electron chi connectivity index (χ0n) is 22.2. The number of para-hydroxylation sites is 1. The van der Waals surface area contributed by atoms with Crippen LogP contribution in [-0.2, 0) is 6.54 Å². The monoisotopic (exact) mass is 517 g/mol. The fraction of sp³-hybridized carbons (Fsp3) is 0.294. The van der Waals surface area contributed by atoms with Crippen molar-refractivity contribution in [1.29, 1.82) is 0 Å². The second-order valence-electron chi connectivity index (χ2n) is 11.2. The van der Waals surface area contributed by atoms with E-state index in [-0.39, 0.29) is 0 Å². The Morgan fingerprint density at radius 3 is 2.41 bits per heavy atom. The molecule has 0 spiro atoms. The van der Waals surface area contributed by atoms with E-state index in [1.54, 1.807) is 0 Å². The number of hydrogen-bond donors (Lipinski definition) is 2. The van der Waals surface area contributed by atoms with Crippen molar-refractivity contribution in [2.24, 2.45) is 0 Å². The summed E-state index contributed by atoms with van der Waals surface area (Å²) in [4.78, 5) is 8.59. The number of ether oxygens (including phenoxy) is 1. The van der Waals surface area contributed by atoms with Crippen molar-refractivity contribution < 1.29 is 9.84 Å². The molecule has 39 heavy (non-hydrogen) atoms. The largest absolute Gasteiger partial charge is 0.491 e. The van der Waals surface area contributed by atoms with Gasteiger partial charge in [0.1, 0.15) is 18.5 Å².